The van der Waals surface area contributed by atoms with Gasteiger partial charge in [-0.1, -0.05) is 64.1 Å². The van der Waals surface area contributed by atoms with Gasteiger partial charge in [-0.05, 0) is 49.9 Å². The minimum atomic E-state index is -0.376. The van der Waals surface area contributed by atoms with Gasteiger partial charge in [-0.2, -0.15) is 0 Å². The van der Waals surface area contributed by atoms with Crippen LogP contribution < -0.4 is 0 Å². The third-order valence-corrected chi connectivity index (χ3v) is 5.59. The molecule has 3 heteroatoms. The van der Waals surface area contributed by atoms with Crippen LogP contribution in [-0.4, -0.2) is 40.3 Å². The van der Waals surface area contributed by atoms with Gasteiger partial charge in [0.05, 0.1) is 12.6 Å². The van der Waals surface area contributed by atoms with E-state index in [9.17, 15) is 5.11 Å². The maximum absolute atomic E-state index is 11.0. The van der Waals surface area contributed by atoms with Gasteiger partial charge in [0.15, 0.2) is 0 Å². The average Bonchev–Trinajstić information content (AvgIpc) is 2.98. The monoisotopic (exact) mass is 380 g/mol. The number of hydrogen-bond acceptors (Lipinski definition) is 2. The molecule has 28 heavy (non-hydrogen) atoms. The highest BCUT2D eigenvalue weighted by Gasteiger charge is 2.16. The molecule has 1 heterocycles. The minimum absolute atomic E-state index is 0.376. The molecule has 0 amide bonds. The zero-order valence-corrected chi connectivity index (χ0v) is 17.9. The van der Waals surface area contributed by atoms with Gasteiger partial charge < -0.3 is 14.6 Å². The molecular weight excluding hydrogens is 344 g/mol. The summed E-state index contributed by atoms with van der Waals surface area (Å²) in [5.41, 5.74) is 2.41. The molecule has 0 saturated heterocycles. The molecule has 0 aliphatic heterocycles. The Balaban J connectivity index is 1.77. The first-order chi connectivity index (χ1) is 13.5. The summed E-state index contributed by atoms with van der Waals surface area (Å²) in [4.78, 5) is 2.46. The molecule has 3 aromatic rings. The lowest BCUT2D eigenvalue weighted by atomic mass is 10.1. The van der Waals surface area contributed by atoms with Gasteiger partial charge in [-0.25, -0.2) is 0 Å². The van der Waals surface area contributed by atoms with Gasteiger partial charge >= 0.3 is 0 Å². The van der Waals surface area contributed by atoms with Crippen LogP contribution in [0.4, 0.5) is 0 Å². The number of aliphatic hydroxyl groups is 1. The molecule has 0 aliphatic rings. The smallest absolute Gasteiger partial charge is 0.0845 e. The number of aliphatic hydroxyl groups excluding tert-OH is 1. The molecule has 0 aliphatic carbocycles. The average molecular weight is 381 g/mol. The van der Waals surface area contributed by atoms with Crippen molar-refractivity contribution < 1.29 is 5.11 Å². The molecule has 3 rings (SSSR count). The van der Waals surface area contributed by atoms with Crippen molar-refractivity contribution in [3.63, 3.8) is 0 Å². The second kappa shape index (κ2) is 9.58. The van der Waals surface area contributed by atoms with Gasteiger partial charge in [0.2, 0.25) is 0 Å². The highest BCUT2D eigenvalue weighted by molar-refractivity contribution is 6.07. The largest absolute Gasteiger partial charge is 0.390 e. The zero-order chi connectivity index (χ0) is 20.1. The van der Waals surface area contributed by atoms with Crippen LogP contribution in [0.2, 0.25) is 0 Å². The second-order valence-electron chi connectivity index (χ2n) is 8.96. The van der Waals surface area contributed by atoms with Gasteiger partial charge in [0.1, 0.15) is 0 Å². The summed E-state index contributed by atoms with van der Waals surface area (Å²) >= 11 is 0. The van der Waals surface area contributed by atoms with E-state index in [1.54, 1.807) is 0 Å². The Morgan fingerprint density at radius 1 is 0.786 bits per heavy atom. The van der Waals surface area contributed by atoms with E-state index in [4.69, 9.17) is 0 Å². The van der Waals surface area contributed by atoms with Crippen LogP contribution in [0, 0.1) is 11.8 Å². The van der Waals surface area contributed by atoms with E-state index in [1.165, 1.54) is 34.6 Å². The van der Waals surface area contributed by atoms with Crippen molar-refractivity contribution in [2.24, 2.45) is 11.8 Å². The van der Waals surface area contributed by atoms with E-state index in [0.29, 0.717) is 18.4 Å². The fourth-order valence-corrected chi connectivity index (χ4v) is 3.94. The van der Waals surface area contributed by atoms with Crippen LogP contribution in [0.25, 0.3) is 21.8 Å². The van der Waals surface area contributed by atoms with Gasteiger partial charge in [0.25, 0.3) is 0 Å². The molecule has 2 aromatic carbocycles. The number of benzene rings is 2. The van der Waals surface area contributed by atoms with E-state index in [0.717, 1.165) is 19.6 Å². The summed E-state index contributed by atoms with van der Waals surface area (Å²) in [5.74, 6) is 1.38. The van der Waals surface area contributed by atoms with Crippen LogP contribution in [0.1, 0.15) is 40.5 Å². The van der Waals surface area contributed by atoms with E-state index in [2.05, 4.69) is 85.7 Å². The summed E-state index contributed by atoms with van der Waals surface area (Å²) in [5, 5.41) is 13.5. The Morgan fingerprint density at radius 3 is 1.71 bits per heavy atom. The standard InChI is InChI=1S/C25H36N2O/c1-19(2)13-15-26(16-14-20(3)4)17-21(28)18-27-24-11-7-5-9-22(24)23-10-6-8-12-25(23)27/h5-12,19-21,28H,13-18H2,1-4H3/t21-/m1/s1. The molecule has 0 spiro atoms. The molecular formula is C25H36N2O. The van der Waals surface area contributed by atoms with Crippen LogP contribution in [0.5, 0.6) is 0 Å². The molecule has 152 valence electrons. The number of nitrogens with zero attached hydrogens (tertiary/aromatic N) is 2. The van der Waals surface area contributed by atoms with Gasteiger partial charge in [-0.15, -0.1) is 0 Å². The topological polar surface area (TPSA) is 28.4 Å². The summed E-state index contributed by atoms with van der Waals surface area (Å²) in [7, 11) is 0. The third kappa shape index (κ3) is 5.15. The van der Waals surface area contributed by atoms with Crippen molar-refractivity contribution in [1.29, 1.82) is 0 Å². The summed E-state index contributed by atoms with van der Waals surface area (Å²) in [6, 6.07) is 17.0. The number of hydrogen-bond donors (Lipinski definition) is 1. The highest BCUT2D eigenvalue weighted by atomic mass is 16.3. The first-order valence-electron chi connectivity index (χ1n) is 10.8. The Morgan fingerprint density at radius 2 is 1.25 bits per heavy atom. The lowest BCUT2D eigenvalue weighted by Gasteiger charge is -2.27. The predicted molar refractivity (Wildman–Crippen MR) is 121 cm³/mol. The lowest BCUT2D eigenvalue weighted by Crippen LogP contribution is -2.37. The minimum Gasteiger partial charge on any atom is -0.390 e. The highest BCUT2D eigenvalue weighted by Crippen LogP contribution is 2.28. The van der Waals surface area contributed by atoms with Crippen molar-refractivity contribution in [3.8, 4) is 0 Å². The molecule has 0 unspecified atom stereocenters. The fraction of sp³-hybridized carbons (Fsp3) is 0.520. The summed E-state index contributed by atoms with van der Waals surface area (Å²) in [6.45, 7) is 12.6. The number of para-hydroxylation sites is 2. The first-order valence-corrected chi connectivity index (χ1v) is 10.8. The van der Waals surface area contributed by atoms with E-state index >= 15 is 0 Å². The van der Waals surface area contributed by atoms with E-state index in [1.807, 2.05) is 0 Å². The number of aromatic nitrogens is 1. The van der Waals surface area contributed by atoms with Crippen molar-refractivity contribution in [2.75, 3.05) is 19.6 Å². The van der Waals surface area contributed by atoms with Crippen molar-refractivity contribution in [3.05, 3.63) is 48.5 Å². The third-order valence-electron chi connectivity index (χ3n) is 5.59. The lowest BCUT2D eigenvalue weighted by molar-refractivity contribution is 0.0947. The van der Waals surface area contributed by atoms with E-state index in [-0.39, 0.29) is 6.10 Å². The van der Waals surface area contributed by atoms with Crippen molar-refractivity contribution in [2.45, 2.75) is 53.2 Å². The van der Waals surface area contributed by atoms with Crippen LogP contribution in [0.15, 0.2) is 48.5 Å². The molecule has 1 aromatic heterocycles. The molecule has 1 atom stereocenters. The van der Waals surface area contributed by atoms with Gasteiger partial charge in [0, 0.05) is 28.4 Å². The maximum Gasteiger partial charge on any atom is 0.0845 e. The van der Waals surface area contributed by atoms with Crippen molar-refractivity contribution >= 4 is 21.8 Å². The molecule has 0 fully saturated rings. The summed E-state index contributed by atoms with van der Waals surface area (Å²) in [6.07, 6.45) is 1.99. The van der Waals surface area contributed by atoms with Crippen LogP contribution >= 0.6 is 0 Å². The van der Waals surface area contributed by atoms with Crippen molar-refractivity contribution in [1.82, 2.24) is 9.47 Å². The predicted octanol–water partition coefficient (Wildman–Crippen LogP) is 5.55. The van der Waals surface area contributed by atoms with E-state index < -0.39 is 0 Å². The quantitative estimate of drug-likeness (QED) is 0.499. The Kier molecular flexibility index (Phi) is 7.14. The van der Waals surface area contributed by atoms with Crippen LogP contribution in [-0.2, 0) is 6.54 Å². The number of rotatable bonds is 10. The Labute approximate surface area is 170 Å². The Hall–Kier alpha value is -1.84. The zero-order valence-electron chi connectivity index (χ0n) is 17.9. The van der Waals surface area contributed by atoms with Crippen LogP contribution in [0.3, 0.4) is 0 Å². The molecule has 0 bridgehead atoms. The normalized spacial score (nSPS) is 13.4. The molecule has 1 N–H and O–H groups in total. The SMILES string of the molecule is CC(C)CCN(CCC(C)C)C[C@@H](O)Cn1c2ccccc2c2ccccc21. The first kappa shape index (κ1) is 20.9. The summed E-state index contributed by atoms with van der Waals surface area (Å²) < 4.78 is 2.29. The fourth-order valence-electron chi connectivity index (χ4n) is 3.94. The second-order valence-corrected chi connectivity index (χ2v) is 8.96. The van der Waals surface area contributed by atoms with Gasteiger partial charge in [-0.3, -0.25) is 0 Å². The molecule has 0 saturated carbocycles. The number of fused-ring (bicyclic) bond motifs is 3. The molecule has 3 nitrogen and oxygen atoms in total. The maximum atomic E-state index is 11.0. The molecule has 0 radical (unpaired) electrons. The Bertz CT molecular complexity index is 815.